The molecular weight excluding hydrogens is 301 g/mol. The number of H-pyrrole nitrogens is 1. The molecule has 3 rings (SSSR count). The van der Waals surface area contributed by atoms with E-state index in [0.29, 0.717) is 29.5 Å². The first kappa shape index (κ1) is 15.1. The van der Waals surface area contributed by atoms with Gasteiger partial charge in [-0.25, -0.2) is 4.39 Å². The summed E-state index contributed by atoms with van der Waals surface area (Å²) in [5, 5.41) is 9.80. The summed E-state index contributed by atoms with van der Waals surface area (Å²) in [6.07, 6.45) is 2.35. The van der Waals surface area contributed by atoms with Gasteiger partial charge in [-0.05, 0) is 30.5 Å². The molecule has 0 aliphatic heterocycles. The van der Waals surface area contributed by atoms with Crippen LogP contribution in [0.3, 0.4) is 0 Å². The van der Waals surface area contributed by atoms with Crippen LogP contribution in [0, 0.1) is 5.82 Å². The molecule has 22 heavy (non-hydrogen) atoms. The number of halogens is 1. The lowest BCUT2D eigenvalue weighted by Crippen LogP contribution is -2.26. The normalized spacial score (nSPS) is 14.0. The van der Waals surface area contributed by atoms with Crippen LogP contribution < -0.4 is 5.32 Å². The number of rotatable bonds is 7. The predicted molar refractivity (Wildman–Crippen MR) is 85.5 cm³/mol. The van der Waals surface area contributed by atoms with Gasteiger partial charge in [-0.2, -0.15) is 16.9 Å². The zero-order chi connectivity index (χ0) is 15.4. The SMILES string of the molecule is O=C(NCCSCc1ccccc1F)c1cc(C2CC2)[nH]n1. The Balaban J connectivity index is 1.37. The van der Waals surface area contributed by atoms with Crippen LogP contribution >= 0.6 is 11.8 Å². The number of hydrogen-bond acceptors (Lipinski definition) is 3. The first-order chi connectivity index (χ1) is 10.7. The second-order valence-electron chi connectivity index (χ2n) is 5.38. The first-order valence-electron chi connectivity index (χ1n) is 7.38. The molecule has 0 saturated heterocycles. The van der Waals surface area contributed by atoms with Gasteiger partial charge in [-0.15, -0.1) is 0 Å². The molecule has 1 fully saturated rings. The molecule has 0 unspecified atom stereocenters. The number of hydrogen-bond donors (Lipinski definition) is 2. The minimum atomic E-state index is -0.178. The third kappa shape index (κ3) is 3.88. The summed E-state index contributed by atoms with van der Waals surface area (Å²) in [5.74, 6) is 1.57. The van der Waals surface area contributed by atoms with Crippen LogP contribution in [0.5, 0.6) is 0 Å². The van der Waals surface area contributed by atoms with Crippen LogP contribution in [0.25, 0.3) is 0 Å². The first-order valence-corrected chi connectivity index (χ1v) is 8.54. The fraction of sp³-hybridized carbons (Fsp3) is 0.375. The summed E-state index contributed by atoms with van der Waals surface area (Å²) < 4.78 is 13.4. The molecule has 0 radical (unpaired) electrons. The molecule has 1 aromatic heterocycles. The van der Waals surface area contributed by atoms with Crippen molar-refractivity contribution in [3.8, 4) is 0 Å². The molecule has 116 valence electrons. The van der Waals surface area contributed by atoms with Crippen molar-refractivity contribution in [1.29, 1.82) is 0 Å². The summed E-state index contributed by atoms with van der Waals surface area (Å²) in [5.41, 5.74) is 2.19. The second kappa shape index (κ2) is 6.96. The van der Waals surface area contributed by atoms with Crippen molar-refractivity contribution >= 4 is 17.7 Å². The number of nitrogens with zero attached hydrogens (tertiary/aromatic N) is 1. The molecule has 1 aromatic carbocycles. The number of benzene rings is 1. The molecule has 1 heterocycles. The Bertz CT molecular complexity index is 654. The third-order valence-electron chi connectivity index (χ3n) is 3.59. The average Bonchev–Trinajstić information content (AvgIpc) is 3.26. The van der Waals surface area contributed by atoms with Gasteiger partial charge in [0.05, 0.1) is 0 Å². The molecule has 0 atom stereocenters. The van der Waals surface area contributed by atoms with E-state index in [1.54, 1.807) is 23.9 Å². The van der Waals surface area contributed by atoms with Crippen LogP contribution in [0.4, 0.5) is 4.39 Å². The molecule has 6 heteroatoms. The fourth-order valence-corrected chi connectivity index (χ4v) is 3.03. The van der Waals surface area contributed by atoms with Crippen LogP contribution in [0.15, 0.2) is 30.3 Å². The largest absolute Gasteiger partial charge is 0.350 e. The Morgan fingerprint density at radius 3 is 3.00 bits per heavy atom. The van der Waals surface area contributed by atoms with Crippen molar-refractivity contribution in [1.82, 2.24) is 15.5 Å². The Morgan fingerprint density at radius 2 is 2.23 bits per heavy atom. The monoisotopic (exact) mass is 319 g/mol. The van der Waals surface area contributed by atoms with Gasteiger partial charge in [0, 0.05) is 29.7 Å². The van der Waals surface area contributed by atoms with Gasteiger partial charge in [-0.3, -0.25) is 9.89 Å². The van der Waals surface area contributed by atoms with Crippen LogP contribution in [-0.2, 0) is 5.75 Å². The minimum absolute atomic E-state index is 0.158. The number of aromatic nitrogens is 2. The highest BCUT2D eigenvalue weighted by Crippen LogP contribution is 2.38. The Labute approximate surface area is 132 Å². The standard InChI is InChI=1S/C16H18FN3OS/c17-13-4-2-1-3-12(13)10-22-8-7-18-16(21)15-9-14(19-20-15)11-5-6-11/h1-4,9,11H,5-8,10H2,(H,18,21)(H,19,20). The molecule has 2 aromatic rings. The molecule has 4 nitrogen and oxygen atoms in total. The predicted octanol–water partition coefficient (Wildman–Crippen LogP) is 3.09. The molecule has 1 amide bonds. The molecule has 1 aliphatic carbocycles. The minimum Gasteiger partial charge on any atom is -0.350 e. The highest BCUT2D eigenvalue weighted by atomic mass is 32.2. The molecule has 1 aliphatic rings. The zero-order valence-corrected chi connectivity index (χ0v) is 13.0. The van der Waals surface area contributed by atoms with Crippen molar-refractivity contribution in [3.05, 3.63) is 53.1 Å². The smallest absolute Gasteiger partial charge is 0.271 e. The average molecular weight is 319 g/mol. The third-order valence-corrected chi connectivity index (χ3v) is 4.60. The van der Waals surface area contributed by atoms with E-state index in [-0.39, 0.29) is 11.7 Å². The highest BCUT2D eigenvalue weighted by Gasteiger charge is 2.26. The summed E-state index contributed by atoms with van der Waals surface area (Å²) in [4.78, 5) is 11.9. The van der Waals surface area contributed by atoms with E-state index < -0.39 is 0 Å². The molecule has 0 bridgehead atoms. The maximum absolute atomic E-state index is 13.4. The molecule has 2 N–H and O–H groups in total. The number of aromatic amines is 1. The van der Waals surface area contributed by atoms with Gasteiger partial charge in [0.25, 0.3) is 5.91 Å². The van der Waals surface area contributed by atoms with Gasteiger partial charge < -0.3 is 5.32 Å². The van der Waals surface area contributed by atoms with Crippen LogP contribution in [-0.4, -0.2) is 28.4 Å². The fourth-order valence-electron chi connectivity index (χ4n) is 2.18. The summed E-state index contributed by atoms with van der Waals surface area (Å²) >= 11 is 1.59. The molecule has 0 spiro atoms. The van der Waals surface area contributed by atoms with Crippen molar-refractivity contribution in [3.63, 3.8) is 0 Å². The summed E-state index contributed by atoms with van der Waals surface area (Å²) in [6.45, 7) is 0.545. The van der Waals surface area contributed by atoms with E-state index in [0.717, 1.165) is 11.4 Å². The van der Waals surface area contributed by atoms with Crippen molar-refractivity contribution < 1.29 is 9.18 Å². The van der Waals surface area contributed by atoms with E-state index in [1.165, 1.54) is 18.9 Å². The number of thioether (sulfide) groups is 1. The number of carbonyl (C=O) groups is 1. The Hall–Kier alpha value is -1.82. The van der Waals surface area contributed by atoms with E-state index >= 15 is 0 Å². The van der Waals surface area contributed by atoms with Crippen LogP contribution in [0.1, 0.15) is 40.5 Å². The molecule has 1 saturated carbocycles. The van der Waals surface area contributed by atoms with Gasteiger partial charge in [0.2, 0.25) is 0 Å². The Morgan fingerprint density at radius 1 is 1.41 bits per heavy atom. The van der Waals surface area contributed by atoms with E-state index in [1.807, 2.05) is 12.1 Å². The van der Waals surface area contributed by atoms with Gasteiger partial charge >= 0.3 is 0 Å². The number of carbonyl (C=O) groups excluding carboxylic acids is 1. The lowest BCUT2D eigenvalue weighted by atomic mass is 10.2. The second-order valence-corrected chi connectivity index (χ2v) is 6.49. The summed E-state index contributed by atoms with van der Waals surface area (Å²) in [7, 11) is 0. The van der Waals surface area contributed by atoms with E-state index in [9.17, 15) is 9.18 Å². The van der Waals surface area contributed by atoms with Crippen LogP contribution in [0.2, 0.25) is 0 Å². The number of amides is 1. The number of nitrogens with one attached hydrogen (secondary N) is 2. The highest BCUT2D eigenvalue weighted by molar-refractivity contribution is 7.98. The van der Waals surface area contributed by atoms with Crippen molar-refractivity contribution in [2.24, 2.45) is 0 Å². The van der Waals surface area contributed by atoms with Gasteiger partial charge in [0.1, 0.15) is 11.5 Å². The molecular formula is C16H18FN3OS. The zero-order valence-electron chi connectivity index (χ0n) is 12.1. The van der Waals surface area contributed by atoms with E-state index in [4.69, 9.17) is 0 Å². The maximum Gasteiger partial charge on any atom is 0.271 e. The summed E-state index contributed by atoms with van der Waals surface area (Å²) in [6, 6.07) is 8.59. The van der Waals surface area contributed by atoms with Gasteiger partial charge in [0.15, 0.2) is 0 Å². The van der Waals surface area contributed by atoms with Crippen molar-refractivity contribution in [2.75, 3.05) is 12.3 Å². The lowest BCUT2D eigenvalue weighted by Gasteiger charge is -2.04. The maximum atomic E-state index is 13.4. The van der Waals surface area contributed by atoms with Crippen molar-refractivity contribution in [2.45, 2.75) is 24.5 Å². The lowest BCUT2D eigenvalue weighted by molar-refractivity contribution is 0.0951. The van der Waals surface area contributed by atoms with E-state index in [2.05, 4.69) is 15.5 Å². The Kier molecular flexibility index (Phi) is 4.77. The topological polar surface area (TPSA) is 57.8 Å². The van der Waals surface area contributed by atoms with Gasteiger partial charge in [-0.1, -0.05) is 18.2 Å². The quantitative estimate of drug-likeness (QED) is 0.771.